The molecule has 4 heterocycles. The van der Waals surface area contributed by atoms with Crippen molar-refractivity contribution in [3.05, 3.63) is 36.5 Å². The summed E-state index contributed by atoms with van der Waals surface area (Å²) in [4.78, 5) is 9.91. The third-order valence-electron chi connectivity index (χ3n) is 5.03. The smallest absolute Gasteiger partial charge is 0.0703 e. The zero-order valence-electron chi connectivity index (χ0n) is 12.5. The average molecular weight is 281 g/mol. The van der Waals surface area contributed by atoms with Gasteiger partial charge in [0.25, 0.3) is 0 Å². The predicted molar refractivity (Wildman–Crippen MR) is 87.8 cm³/mol. The molecule has 110 valence electrons. The molecule has 1 aromatic carbocycles. The Hall–Kier alpha value is -1.61. The van der Waals surface area contributed by atoms with Crippen LogP contribution in [0, 0.1) is 0 Å². The first-order chi connectivity index (χ1) is 10.4. The minimum Gasteiger partial charge on any atom is -0.366 e. The number of benzene rings is 1. The molecule has 3 fully saturated rings. The van der Waals surface area contributed by atoms with Crippen LogP contribution in [0.2, 0.25) is 0 Å². The largest absolute Gasteiger partial charge is 0.366 e. The van der Waals surface area contributed by atoms with Crippen molar-refractivity contribution in [3.8, 4) is 0 Å². The van der Waals surface area contributed by atoms with E-state index in [0.29, 0.717) is 6.04 Å². The summed E-state index contributed by atoms with van der Waals surface area (Å²) in [5.74, 6) is 0. The van der Waals surface area contributed by atoms with E-state index in [-0.39, 0.29) is 0 Å². The zero-order chi connectivity index (χ0) is 14.1. The van der Waals surface area contributed by atoms with Crippen LogP contribution in [0.4, 0.5) is 5.69 Å². The fourth-order valence-electron chi connectivity index (χ4n) is 3.88. The molecule has 3 saturated heterocycles. The van der Waals surface area contributed by atoms with Crippen molar-refractivity contribution in [1.82, 2.24) is 9.88 Å². The number of anilines is 1. The molecule has 0 spiro atoms. The van der Waals surface area contributed by atoms with Crippen LogP contribution in [0.5, 0.6) is 0 Å². The minimum absolute atomic E-state index is 0.704. The quantitative estimate of drug-likeness (QED) is 0.799. The van der Waals surface area contributed by atoms with Gasteiger partial charge in [-0.1, -0.05) is 18.2 Å². The Morgan fingerprint density at radius 3 is 2.62 bits per heavy atom. The third-order valence-corrected chi connectivity index (χ3v) is 5.03. The van der Waals surface area contributed by atoms with E-state index in [1.807, 2.05) is 0 Å². The van der Waals surface area contributed by atoms with Crippen molar-refractivity contribution < 1.29 is 0 Å². The van der Waals surface area contributed by atoms with Crippen LogP contribution in [-0.4, -0.2) is 42.1 Å². The van der Waals surface area contributed by atoms with Crippen molar-refractivity contribution in [2.24, 2.45) is 0 Å². The first-order valence-corrected chi connectivity index (χ1v) is 8.24. The lowest BCUT2D eigenvalue weighted by molar-refractivity contribution is 0.217. The van der Waals surface area contributed by atoms with Crippen molar-refractivity contribution in [3.63, 3.8) is 0 Å². The maximum absolute atomic E-state index is 4.66. The molecule has 0 N–H and O–H groups in total. The summed E-state index contributed by atoms with van der Waals surface area (Å²) >= 11 is 0. The van der Waals surface area contributed by atoms with Gasteiger partial charge in [-0.25, -0.2) is 0 Å². The van der Waals surface area contributed by atoms with Crippen LogP contribution in [0.25, 0.3) is 10.9 Å². The Morgan fingerprint density at radius 1 is 0.952 bits per heavy atom. The van der Waals surface area contributed by atoms with Gasteiger partial charge in [0.05, 0.1) is 17.4 Å². The van der Waals surface area contributed by atoms with Gasteiger partial charge in [-0.15, -0.1) is 0 Å². The van der Waals surface area contributed by atoms with Crippen LogP contribution >= 0.6 is 0 Å². The van der Waals surface area contributed by atoms with Gasteiger partial charge in [-0.2, -0.15) is 0 Å². The Morgan fingerprint density at radius 2 is 1.76 bits per heavy atom. The molecule has 0 saturated carbocycles. The molecule has 21 heavy (non-hydrogen) atoms. The van der Waals surface area contributed by atoms with Gasteiger partial charge in [0.1, 0.15) is 0 Å². The lowest BCUT2D eigenvalue weighted by Crippen LogP contribution is -2.47. The third kappa shape index (κ3) is 2.62. The predicted octanol–water partition coefficient (Wildman–Crippen LogP) is 3.30. The first kappa shape index (κ1) is 13.1. The molecular formula is C18H23N3. The number of hydrogen-bond donors (Lipinski definition) is 0. The average Bonchev–Trinajstić information content (AvgIpc) is 2.45. The number of nitrogens with zero attached hydrogens (tertiary/aromatic N) is 3. The maximum Gasteiger partial charge on any atom is 0.0703 e. The molecule has 2 bridgehead atoms. The fraction of sp³-hybridized carbons (Fsp3) is 0.500. The van der Waals surface area contributed by atoms with Crippen LogP contribution in [0.3, 0.4) is 0 Å². The monoisotopic (exact) mass is 281 g/mol. The van der Waals surface area contributed by atoms with Crippen molar-refractivity contribution in [1.29, 1.82) is 0 Å². The first-order valence-electron chi connectivity index (χ1n) is 8.24. The van der Waals surface area contributed by atoms with Gasteiger partial charge in [0.2, 0.25) is 0 Å². The zero-order valence-corrected chi connectivity index (χ0v) is 12.5. The second kappa shape index (κ2) is 5.64. The van der Waals surface area contributed by atoms with E-state index >= 15 is 0 Å². The van der Waals surface area contributed by atoms with Crippen LogP contribution in [0.15, 0.2) is 36.5 Å². The van der Waals surface area contributed by atoms with Crippen molar-refractivity contribution in [2.45, 2.75) is 31.7 Å². The Bertz CT molecular complexity index is 615. The molecule has 0 aliphatic carbocycles. The Kier molecular flexibility index (Phi) is 3.52. The summed E-state index contributed by atoms with van der Waals surface area (Å²) in [6.07, 6.45) is 7.39. The van der Waals surface area contributed by atoms with E-state index in [2.05, 4.69) is 51.3 Å². The number of rotatable bonds is 1. The summed E-state index contributed by atoms with van der Waals surface area (Å²) in [7, 11) is 0. The number of aromatic nitrogens is 1. The molecule has 3 aliphatic heterocycles. The van der Waals surface area contributed by atoms with E-state index in [1.165, 1.54) is 56.4 Å². The normalized spacial score (nSPS) is 26.4. The van der Waals surface area contributed by atoms with Gasteiger partial charge >= 0.3 is 0 Å². The lowest BCUT2D eigenvalue weighted by atomic mass is 9.98. The van der Waals surface area contributed by atoms with Gasteiger partial charge in [0.15, 0.2) is 0 Å². The highest BCUT2D eigenvalue weighted by atomic mass is 15.2. The summed E-state index contributed by atoms with van der Waals surface area (Å²) in [6.45, 7) is 4.93. The molecule has 0 radical (unpaired) electrons. The Labute approximate surface area is 126 Å². The summed E-state index contributed by atoms with van der Waals surface area (Å²) in [6, 6.07) is 11.4. The van der Waals surface area contributed by atoms with Crippen molar-refractivity contribution in [2.75, 3.05) is 31.1 Å². The number of fused-ring (bicyclic) bond motifs is 7. The number of para-hydroxylation sites is 1. The standard InChI is InChI=1S/C18H23N3/c1-2-8-18-15(5-1)13-17(14-19-18)21-12-11-20-9-3-6-16(21)7-4-10-20/h1-2,5,8,13-14,16H,3-4,6-7,9-12H2. The highest BCUT2D eigenvalue weighted by molar-refractivity contribution is 5.81. The molecular weight excluding hydrogens is 258 g/mol. The van der Waals surface area contributed by atoms with E-state index in [0.717, 1.165) is 12.1 Å². The van der Waals surface area contributed by atoms with E-state index in [9.17, 15) is 0 Å². The molecule has 3 aliphatic rings. The van der Waals surface area contributed by atoms with Gasteiger partial charge < -0.3 is 9.80 Å². The van der Waals surface area contributed by atoms with Crippen LogP contribution < -0.4 is 4.90 Å². The van der Waals surface area contributed by atoms with Crippen LogP contribution in [0.1, 0.15) is 25.7 Å². The van der Waals surface area contributed by atoms with Crippen LogP contribution in [-0.2, 0) is 0 Å². The molecule has 5 rings (SSSR count). The number of pyridine rings is 1. The molecule has 0 atom stereocenters. The van der Waals surface area contributed by atoms with E-state index < -0.39 is 0 Å². The maximum atomic E-state index is 4.66. The van der Waals surface area contributed by atoms with E-state index in [4.69, 9.17) is 0 Å². The second-order valence-corrected chi connectivity index (χ2v) is 6.36. The SMILES string of the molecule is c1ccc2ncc(N3CCN4CCCC3CCC4)cc2c1. The molecule has 1 aromatic heterocycles. The Balaban J connectivity index is 1.68. The summed E-state index contributed by atoms with van der Waals surface area (Å²) < 4.78 is 0. The molecule has 2 aromatic rings. The van der Waals surface area contributed by atoms with E-state index in [1.54, 1.807) is 0 Å². The number of hydrogen-bond acceptors (Lipinski definition) is 3. The van der Waals surface area contributed by atoms with Gasteiger partial charge in [0, 0.05) is 24.5 Å². The van der Waals surface area contributed by atoms with Crippen molar-refractivity contribution >= 4 is 16.6 Å². The lowest BCUT2D eigenvalue weighted by Gasteiger charge is -2.41. The molecule has 0 amide bonds. The summed E-state index contributed by atoms with van der Waals surface area (Å²) in [5, 5.41) is 1.25. The van der Waals surface area contributed by atoms with Gasteiger partial charge in [-0.3, -0.25) is 4.98 Å². The second-order valence-electron chi connectivity index (χ2n) is 6.36. The summed E-state index contributed by atoms with van der Waals surface area (Å²) in [5.41, 5.74) is 2.40. The highest BCUT2D eigenvalue weighted by Gasteiger charge is 2.25. The highest BCUT2D eigenvalue weighted by Crippen LogP contribution is 2.27. The molecule has 3 nitrogen and oxygen atoms in total. The minimum atomic E-state index is 0.704. The topological polar surface area (TPSA) is 19.4 Å². The fourth-order valence-corrected chi connectivity index (χ4v) is 3.88. The molecule has 0 unspecified atom stereocenters. The van der Waals surface area contributed by atoms with Gasteiger partial charge in [-0.05, 0) is 50.9 Å². The molecule has 3 heteroatoms.